The monoisotopic (exact) mass is 390 g/mol. The predicted octanol–water partition coefficient (Wildman–Crippen LogP) is 6.12. The molecule has 1 unspecified atom stereocenters. The van der Waals surface area contributed by atoms with Crippen molar-refractivity contribution >= 4 is 35.0 Å². The predicted molar refractivity (Wildman–Crippen MR) is 109 cm³/mol. The van der Waals surface area contributed by atoms with Crippen LogP contribution in [0, 0.1) is 0 Å². The van der Waals surface area contributed by atoms with Gasteiger partial charge in [-0.05, 0) is 42.2 Å². The maximum absolute atomic E-state index is 6.30. The molecule has 0 aliphatic heterocycles. The summed E-state index contributed by atoms with van der Waals surface area (Å²) in [6.07, 6.45) is 7.80. The van der Waals surface area contributed by atoms with E-state index < -0.39 is 0 Å². The number of aryl methyl sites for hydroxylation is 1. The maximum Gasteiger partial charge on any atom is 0.0945 e. The number of thioether (sulfide) groups is 1. The minimum absolute atomic E-state index is 0.500. The van der Waals surface area contributed by atoms with Crippen molar-refractivity contribution in [2.75, 3.05) is 0 Å². The minimum Gasteiger partial charge on any atom is -0.337 e. The first-order valence-corrected chi connectivity index (χ1v) is 10.1. The topological polar surface area (TPSA) is 17.8 Å². The molecule has 130 valence electrons. The molecule has 0 saturated carbocycles. The van der Waals surface area contributed by atoms with Gasteiger partial charge in [0.05, 0.1) is 6.33 Å². The van der Waals surface area contributed by atoms with Crippen LogP contribution in [0.5, 0.6) is 0 Å². The number of aromatic nitrogens is 2. The van der Waals surface area contributed by atoms with Gasteiger partial charge in [-0.25, -0.2) is 4.98 Å². The fourth-order valence-corrected chi connectivity index (χ4v) is 4.32. The van der Waals surface area contributed by atoms with Crippen LogP contribution in [0.25, 0.3) is 0 Å². The Balaban J connectivity index is 1.64. The van der Waals surface area contributed by atoms with Gasteiger partial charge in [0.15, 0.2) is 0 Å². The highest BCUT2D eigenvalue weighted by molar-refractivity contribution is 7.99. The van der Waals surface area contributed by atoms with Crippen molar-refractivity contribution in [1.82, 2.24) is 9.55 Å². The van der Waals surface area contributed by atoms with Gasteiger partial charge in [-0.15, -0.1) is 0 Å². The number of imidazole rings is 1. The van der Waals surface area contributed by atoms with E-state index in [9.17, 15) is 0 Å². The summed E-state index contributed by atoms with van der Waals surface area (Å²) in [4.78, 5) is 4.12. The van der Waals surface area contributed by atoms with E-state index in [1.165, 1.54) is 11.1 Å². The molecule has 0 saturated heterocycles. The Labute approximate surface area is 163 Å². The van der Waals surface area contributed by atoms with Gasteiger partial charge >= 0.3 is 0 Å². The van der Waals surface area contributed by atoms with E-state index in [1.54, 1.807) is 0 Å². The Hall–Kier alpha value is -1.42. The summed E-state index contributed by atoms with van der Waals surface area (Å²) in [7, 11) is 0. The average Bonchev–Trinajstić information content (AvgIpc) is 3.14. The quantitative estimate of drug-likeness (QED) is 0.460. The summed E-state index contributed by atoms with van der Waals surface area (Å²) >= 11 is 14.3. The van der Waals surface area contributed by atoms with Crippen LogP contribution in [0.4, 0.5) is 0 Å². The standard InChI is InChI=1S/C20H20Cl2N2S/c21-18-7-5-16(6-8-18)13-19(9-11-24-12-10-23-15-24)25-14-17-3-1-2-4-20(17)22/h1-8,10,12,15,19H,9,11,13-14H2. The van der Waals surface area contributed by atoms with Crippen molar-refractivity contribution in [3.63, 3.8) is 0 Å². The van der Waals surface area contributed by atoms with Crippen LogP contribution >= 0.6 is 35.0 Å². The van der Waals surface area contributed by atoms with E-state index in [2.05, 4.69) is 27.8 Å². The van der Waals surface area contributed by atoms with Crippen molar-refractivity contribution in [3.8, 4) is 0 Å². The summed E-state index contributed by atoms with van der Waals surface area (Å²) in [6.45, 7) is 0.966. The van der Waals surface area contributed by atoms with Crippen LogP contribution in [0.3, 0.4) is 0 Å². The number of nitrogens with zero attached hydrogens (tertiary/aromatic N) is 2. The summed E-state index contributed by atoms with van der Waals surface area (Å²) in [5.74, 6) is 0.919. The Kier molecular flexibility index (Phi) is 6.85. The highest BCUT2D eigenvalue weighted by atomic mass is 35.5. The number of rotatable bonds is 8. The van der Waals surface area contributed by atoms with Gasteiger partial charge in [-0.1, -0.05) is 53.5 Å². The fourth-order valence-electron chi connectivity index (χ4n) is 2.66. The van der Waals surface area contributed by atoms with E-state index >= 15 is 0 Å². The third kappa shape index (κ3) is 5.81. The molecular weight excluding hydrogens is 371 g/mol. The zero-order valence-corrected chi connectivity index (χ0v) is 16.1. The third-order valence-corrected chi connectivity index (χ3v) is 6.05. The van der Waals surface area contributed by atoms with Crippen molar-refractivity contribution in [2.45, 2.75) is 30.4 Å². The van der Waals surface area contributed by atoms with E-state index in [0.717, 1.165) is 35.2 Å². The Morgan fingerprint density at radius 3 is 2.56 bits per heavy atom. The van der Waals surface area contributed by atoms with Crippen LogP contribution in [0.2, 0.25) is 10.0 Å². The zero-order valence-electron chi connectivity index (χ0n) is 13.8. The van der Waals surface area contributed by atoms with Crippen molar-refractivity contribution in [2.24, 2.45) is 0 Å². The highest BCUT2D eigenvalue weighted by Crippen LogP contribution is 2.28. The molecule has 0 spiro atoms. The molecule has 0 bridgehead atoms. The summed E-state index contributed by atoms with van der Waals surface area (Å²) in [6, 6.07) is 16.2. The van der Waals surface area contributed by atoms with Crippen LogP contribution in [-0.4, -0.2) is 14.8 Å². The van der Waals surface area contributed by atoms with E-state index in [1.807, 2.05) is 60.8 Å². The van der Waals surface area contributed by atoms with Gasteiger partial charge in [0.25, 0.3) is 0 Å². The lowest BCUT2D eigenvalue weighted by Crippen LogP contribution is -2.11. The van der Waals surface area contributed by atoms with Crippen molar-refractivity contribution < 1.29 is 0 Å². The van der Waals surface area contributed by atoms with Crippen LogP contribution in [0.15, 0.2) is 67.3 Å². The molecule has 25 heavy (non-hydrogen) atoms. The molecule has 0 N–H and O–H groups in total. The normalized spacial score (nSPS) is 12.2. The summed E-state index contributed by atoms with van der Waals surface area (Å²) in [5.41, 5.74) is 2.50. The lowest BCUT2D eigenvalue weighted by atomic mass is 10.1. The van der Waals surface area contributed by atoms with Gasteiger partial charge < -0.3 is 4.57 Å². The first-order chi connectivity index (χ1) is 12.2. The molecule has 0 aliphatic carbocycles. The summed E-state index contributed by atoms with van der Waals surface area (Å²) < 4.78 is 2.13. The van der Waals surface area contributed by atoms with Crippen molar-refractivity contribution in [3.05, 3.63) is 88.4 Å². The van der Waals surface area contributed by atoms with Gasteiger partial charge in [0.1, 0.15) is 0 Å². The van der Waals surface area contributed by atoms with Crippen LogP contribution in [0.1, 0.15) is 17.5 Å². The molecule has 1 aromatic heterocycles. The van der Waals surface area contributed by atoms with Gasteiger partial charge in [-0.2, -0.15) is 11.8 Å². The lowest BCUT2D eigenvalue weighted by Gasteiger charge is -2.18. The summed E-state index contributed by atoms with van der Waals surface area (Å²) in [5, 5.41) is 2.12. The van der Waals surface area contributed by atoms with Crippen molar-refractivity contribution in [1.29, 1.82) is 0 Å². The lowest BCUT2D eigenvalue weighted by molar-refractivity contribution is 0.619. The van der Waals surface area contributed by atoms with Crippen LogP contribution in [-0.2, 0) is 18.7 Å². The van der Waals surface area contributed by atoms with Crippen LogP contribution < -0.4 is 0 Å². The molecule has 5 heteroatoms. The molecular formula is C20H20Cl2N2S. The number of hydrogen-bond donors (Lipinski definition) is 0. The fraction of sp³-hybridized carbons (Fsp3) is 0.250. The molecule has 2 aromatic carbocycles. The molecule has 0 amide bonds. The molecule has 0 radical (unpaired) electrons. The highest BCUT2D eigenvalue weighted by Gasteiger charge is 2.12. The first kappa shape index (κ1) is 18.4. The Morgan fingerprint density at radius 2 is 1.84 bits per heavy atom. The smallest absolute Gasteiger partial charge is 0.0945 e. The molecule has 2 nitrogen and oxygen atoms in total. The third-order valence-electron chi connectivity index (χ3n) is 4.08. The van der Waals surface area contributed by atoms with E-state index in [-0.39, 0.29) is 0 Å². The van der Waals surface area contributed by atoms with Gasteiger partial charge in [0.2, 0.25) is 0 Å². The molecule has 1 atom stereocenters. The SMILES string of the molecule is Clc1ccc(CC(CCn2ccnc2)SCc2ccccc2Cl)cc1. The second-order valence-corrected chi connectivity index (χ2v) is 8.08. The van der Waals surface area contributed by atoms with Gasteiger partial charge in [-0.3, -0.25) is 0 Å². The maximum atomic E-state index is 6.30. The molecule has 1 heterocycles. The number of halogens is 2. The second-order valence-electron chi connectivity index (χ2n) is 5.94. The number of benzene rings is 2. The van der Waals surface area contributed by atoms with Gasteiger partial charge in [0, 0.05) is 40.0 Å². The average molecular weight is 391 g/mol. The molecule has 3 rings (SSSR count). The second kappa shape index (κ2) is 9.33. The first-order valence-electron chi connectivity index (χ1n) is 8.26. The van der Waals surface area contributed by atoms with E-state index in [4.69, 9.17) is 23.2 Å². The number of hydrogen-bond acceptors (Lipinski definition) is 2. The Bertz CT molecular complexity index is 773. The van der Waals surface area contributed by atoms with E-state index in [0.29, 0.717) is 5.25 Å². The molecule has 0 aliphatic rings. The minimum atomic E-state index is 0.500. The zero-order chi connectivity index (χ0) is 17.5. The Morgan fingerprint density at radius 1 is 1.04 bits per heavy atom. The molecule has 0 fully saturated rings. The largest absolute Gasteiger partial charge is 0.337 e. The molecule has 3 aromatic rings.